The van der Waals surface area contributed by atoms with Gasteiger partial charge in [-0.15, -0.1) is 24.0 Å². The van der Waals surface area contributed by atoms with Crippen molar-refractivity contribution in [3.63, 3.8) is 0 Å². The van der Waals surface area contributed by atoms with Gasteiger partial charge in [0.1, 0.15) is 6.61 Å². The molecule has 0 aliphatic carbocycles. The van der Waals surface area contributed by atoms with E-state index in [4.69, 9.17) is 10.5 Å². The summed E-state index contributed by atoms with van der Waals surface area (Å²) in [5, 5.41) is 0. The lowest BCUT2D eigenvalue weighted by atomic mass is 10.2. The molecule has 24 heavy (non-hydrogen) atoms. The molecule has 2 aromatic rings. The molecule has 1 aromatic carbocycles. The summed E-state index contributed by atoms with van der Waals surface area (Å²) in [6.07, 6.45) is 1.73. The van der Waals surface area contributed by atoms with E-state index in [1.165, 1.54) is 0 Å². The Morgan fingerprint density at radius 2 is 1.83 bits per heavy atom. The molecule has 0 radical (unpaired) electrons. The molecule has 130 valence electrons. The molecule has 0 fully saturated rings. The minimum absolute atomic E-state index is 0. The fraction of sp³-hybridized carbons (Fsp3) is 0.333. The second-order valence-electron chi connectivity index (χ2n) is 5.12. The molecule has 2 N–H and O–H groups in total. The van der Waals surface area contributed by atoms with E-state index in [0.29, 0.717) is 25.0 Å². The average Bonchev–Trinajstić information content (AvgIpc) is 2.60. The SMILES string of the molecule is CCN(CC)C(N)=NCc1ccnc(OCc2ccccc2)c1.I. The van der Waals surface area contributed by atoms with E-state index >= 15 is 0 Å². The first-order chi connectivity index (χ1) is 11.2. The molecule has 0 saturated carbocycles. The largest absolute Gasteiger partial charge is 0.473 e. The lowest BCUT2D eigenvalue weighted by Gasteiger charge is -2.19. The Bertz CT molecular complexity index is 630. The molecule has 0 spiro atoms. The number of ether oxygens (including phenoxy) is 1. The summed E-state index contributed by atoms with van der Waals surface area (Å²) in [5.74, 6) is 1.17. The van der Waals surface area contributed by atoms with Crippen molar-refractivity contribution in [1.82, 2.24) is 9.88 Å². The van der Waals surface area contributed by atoms with E-state index in [-0.39, 0.29) is 24.0 Å². The second kappa shape index (κ2) is 10.9. The van der Waals surface area contributed by atoms with Crippen molar-refractivity contribution < 1.29 is 4.74 Å². The van der Waals surface area contributed by atoms with Crippen molar-refractivity contribution >= 4 is 29.9 Å². The topological polar surface area (TPSA) is 63.7 Å². The normalized spacial score (nSPS) is 10.8. The van der Waals surface area contributed by atoms with Crippen molar-refractivity contribution in [3.05, 3.63) is 59.8 Å². The van der Waals surface area contributed by atoms with Crippen LogP contribution in [0.2, 0.25) is 0 Å². The molecular weight excluding hydrogens is 415 g/mol. The number of hydrogen-bond donors (Lipinski definition) is 1. The highest BCUT2D eigenvalue weighted by atomic mass is 127. The Balaban J connectivity index is 0.00000288. The Labute approximate surface area is 161 Å². The molecule has 0 bridgehead atoms. The van der Waals surface area contributed by atoms with E-state index in [1.807, 2.05) is 47.4 Å². The fourth-order valence-electron chi connectivity index (χ4n) is 2.18. The predicted octanol–water partition coefficient (Wildman–Crippen LogP) is 3.44. The summed E-state index contributed by atoms with van der Waals surface area (Å²) in [7, 11) is 0. The zero-order chi connectivity index (χ0) is 16.5. The number of nitrogens with zero attached hydrogens (tertiary/aromatic N) is 3. The molecule has 0 atom stereocenters. The number of benzene rings is 1. The van der Waals surface area contributed by atoms with Crippen LogP contribution in [0.25, 0.3) is 0 Å². The maximum Gasteiger partial charge on any atom is 0.213 e. The quantitative estimate of drug-likeness (QED) is 0.407. The number of aliphatic imine (C=N–C) groups is 1. The number of rotatable bonds is 7. The van der Waals surface area contributed by atoms with Gasteiger partial charge in [-0.1, -0.05) is 30.3 Å². The lowest BCUT2D eigenvalue weighted by Crippen LogP contribution is -2.37. The number of aromatic nitrogens is 1. The zero-order valence-electron chi connectivity index (χ0n) is 14.2. The first kappa shape index (κ1) is 20.2. The molecule has 0 aliphatic rings. The summed E-state index contributed by atoms with van der Waals surface area (Å²) < 4.78 is 5.73. The number of nitrogens with two attached hydrogens (primary N) is 1. The van der Waals surface area contributed by atoms with Crippen LogP contribution in [0.4, 0.5) is 0 Å². The summed E-state index contributed by atoms with van der Waals surface area (Å²) in [6, 6.07) is 13.9. The monoisotopic (exact) mass is 440 g/mol. The third kappa shape index (κ3) is 6.35. The van der Waals surface area contributed by atoms with E-state index in [0.717, 1.165) is 24.2 Å². The third-order valence-corrected chi connectivity index (χ3v) is 3.54. The van der Waals surface area contributed by atoms with Crippen LogP contribution in [0, 0.1) is 0 Å². The minimum Gasteiger partial charge on any atom is -0.473 e. The van der Waals surface area contributed by atoms with Crippen molar-refractivity contribution in [2.45, 2.75) is 27.0 Å². The van der Waals surface area contributed by atoms with Gasteiger partial charge in [0, 0.05) is 25.4 Å². The molecule has 1 aromatic heterocycles. The smallest absolute Gasteiger partial charge is 0.213 e. The van der Waals surface area contributed by atoms with Crippen LogP contribution in [0.15, 0.2) is 53.7 Å². The van der Waals surface area contributed by atoms with Crippen LogP contribution < -0.4 is 10.5 Å². The van der Waals surface area contributed by atoms with Crippen molar-refractivity contribution in [2.24, 2.45) is 10.7 Å². The third-order valence-electron chi connectivity index (χ3n) is 3.54. The summed E-state index contributed by atoms with van der Waals surface area (Å²) in [6.45, 7) is 6.86. The van der Waals surface area contributed by atoms with Gasteiger partial charge in [-0.05, 0) is 31.0 Å². The standard InChI is InChI=1S/C18H24N4O.HI/c1-3-22(4-2)18(19)21-13-16-10-11-20-17(12-16)23-14-15-8-6-5-7-9-15;/h5-12H,3-4,13-14H2,1-2H3,(H2,19,21);1H. The second-order valence-corrected chi connectivity index (χ2v) is 5.12. The highest BCUT2D eigenvalue weighted by molar-refractivity contribution is 14.0. The van der Waals surface area contributed by atoms with E-state index < -0.39 is 0 Å². The maximum atomic E-state index is 5.99. The summed E-state index contributed by atoms with van der Waals surface area (Å²) >= 11 is 0. The molecule has 0 saturated heterocycles. The first-order valence-electron chi connectivity index (χ1n) is 7.89. The molecule has 2 rings (SSSR count). The Kier molecular flexibility index (Phi) is 9.14. The highest BCUT2D eigenvalue weighted by Crippen LogP contribution is 2.12. The lowest BCUT2D eigenvalue weighted by molar-refractivity contribution is 0.293. The molecule has 0 aliphatic heterocycles. The van der Waals surface area contributed by atoms with Crippen molar-refractivity contribution in [3.8, 4) is 5.88 Å². The Morgan fingerprint density at radius 3 is 2.50 bits per heavy atom. The van der Waals surface area contributed by atoms with Crippen molar-refractivity contribution in [1.29, 1.82) is 0 Å². The molecule has 5 nitrogen and oxygen atoms in total. The number of halogens is 1. The van der Waals surface area contributed by atoms with Gasteiger partial charge >= 0.3 is 0 Å². The fourth-order valence-corrected chi connectivity index (χ4v) is 2.18. The number of pyridine rings is 1. The Hall–Kier alpha value is -1.83. The molecule has 0 unspecified atom stereocenters. The predicted molar refractivity (Wildman–Crippen MR) is 109 cm³/mol. The Morgan fingerprint density at radius 1 is 1.12 bits per heavy atom. The van der Waals surface area contributed by atoms with Crippen LogP contribution in [0.3, 0.4) is 0 Å². The van der Waals surface area contributed by atoms with Gasteiger partial charge in [-0.25, -0.2) is 9.98 Å². The van der Waals surface area contributed by atoms with E-state index in [9.17, 15) is 0 Å². The maximum absolute atomic E-state index is 5.99. The first-order valence-corrected chi connectivity index (χ1v) is 7.89. The average molecular weight is 440 g/mol. The minimum atomic E-state index is 0. The van der Waals surface area contributed by atoms with E-state index in [1.54, 1.807) is 6.20 Å². The molecule has 0 amide bonds. The van der Waals surface area contributed by atoms with Gasteiger partial charge in [-0.3, -0.25) is 0 Å². The molecule has 1 heterocycles. The number of hydrogen-bond acceptors (Lipinski definition) is 3. The number of guanidine groups is 1. The van der Waals surface area contributed by atoms with Crippen LogP contribution in [0.5, 0.6) is 5.88 Å². The van der Waals surface area contributed by atoms with Crippen molar-refractivity contribution in [2.75, 3.05) is 13.1 Å². The molecule has 6 heteroatoms. The summed E-state index contributed by atoms with van der Waals surface area (Å²) in [5.41, 5.74) is 8.13. The van der Waals surface area contributed by atoms with Crippen LogP contribution >= 0.6 is 24.0 Å². The van der Waals surface area contributed by atoms with Gasteiger partial charge in [0.25, 0.3) is 0 Å². The van der Waals surface area contributed by atoms with Crippen LogP contribution in [0.1, 0.15) is 25.0 Å². The van der Waals surface area contributed by atoms with Gasteiger partial charge < -0.3 is 15.4 Å². The van der Waals surface area contributed by atoms with Crippen LogP contribution in [-0.2, 0) is 13.2 Å². The van der Waals surface area contributed by atoms with Crippen LogP contribution in [-0.4, -0.2) is 28.9 Å². The van der Waals surface area contributed by atoms with E-state index in [2.05, 4.69) is 23.8 Å². The summed E-state index contributed by atoms with van der Waals surface area (Å²) in [4.78, 5) is 10.7. The van der Waals surface area contributed by atoms with Gasteiger partial charge in [0.15, 0.2) is 5.96 Å². The van der Waals surface area contributed by atoms with Gasteiger partial charge in [0.2, 0.25) is 5.88 Å². The van der Waals surface area contributed by atoms with Gasteiger partial charge in [0.05, 0.1) is 6.54 Å². The highest BCUT2D eigenvalue weighted by Gasteiger charge is 2.03. The van der Waals surface area contributed by atoms with Gasteiger partial charge in [-0.2, -0.15) is 0 Å². The molecular formula is C18H25IN4O. The zero-order valence-corrected chi connectivity index (χ0v) is 16.5.